The molecular formula is C16H18ClNO3. The molecular weight excluding hydrogens is 290 g/mol. The van der Waals surface area contributed by atoms with Crippen LogP contribution in [0.4, 0.5) is 0 Å². The average molecular weight is 308 g/mol. The zero-order chi connectivity index (χ0) is 15.0. The number of rotatable bonds is 3. The van der Waals surface area contributed by atoms with Gasteiger partial charge in [0.1, 0.15) is 0 Å². The fraction of sp³-hybridized carbons (Fsp3) is 0.438. The van der Waals surface area contributed by atoms with Crippen LogP contribution in [0.1, 0.15) is 24.4 Å². The topological polar surface area (TPSA) is 42.7 Å². The van der Waals surface area contributed by atoms with Gasteiger partial charge in [0.15, 0.2) is 11.3 Å². The van der Waals surface area contributed by atoms with Crippen molar-refractivity contribution in [1.82, 2.24) is 4.90 Å². The number of morpholine rings is 1. The number of carbonyl (C=O) groups excluding carboxylic acids is 1. The molecule has 0 saturated carbocycles. The van der Waals surface area contributed by atoms with E-state index in [1.165, 1.54) is 0 Å². The van der Waals surface area contributed by atoms with Gasteiger partial charge in [0, 0.05) is 18.5 Å². The third-order valence-electron chi connectivity index (χ3n) is 4.08. The molecule has 0 bridgehead atoms. The Hall–Kier alpha value is -1.36. The molecule has 0 aliphatic carbocycles. The Kier molecular flexibility index (Phi) is 3.78. The van der Waals surface area contributed by atoms with Crippen molar-refractivity contribution in [2.75, 3.05) is 26.3 Å². The molecule has 2 heterocycles. The maximum absolute atomic E-state index is 12.8. The summed E-state index contributed by atoms with van der Waals surface area (Å²) in [7, 11) is 0. The molecule has 1 saturated heterocycles. The van der Waals surface area contributed by atoms with Gasteiger partial charge in [-0.3, -0.25) is 9.69 Å². The van der Waals surface area contributed by atoms with E-state index < -0.39 is 5.54 Å². The number of halogens is 1. The van der Waals surface area contributed by atoms with Crippen LogP contribution in [0.5, 0.6) is 0 Å². The highest BCUT2D eigenvalue weighted by molar-refractivity contribution is 6.34. The number of carbonyl (C=O) groups is 1. The Morgan fingerprint density at radius 2 is 2.00 bits per heavy atom. The Bertz CT molecular complexity index is 671. The van der Waals surface area contributed by atoms with Crippen LogP contribution < -0.4 is 0 Å². The number of ketones is 1. The summed E-state index contributed by atoms with van der Waals surface area (Å²) < 4.78 is 11.0. The number of furan rings is 1. The minimum Gasteiger partial charge on any atom is -0.451 e. The summed E-state index contributed by atoms with van der Waals surface area (Å²) in [6.45, 7) is 6.66. The van der Waals surface area contributed by atoms with Crippen molar-refractivity contribution in [1.29, 1.82) is 0 Å². The molecule has 2 aromatic rings. The van der Waals surface area contributed by atoms with E-state index in [1.807, 2.05) is 26.0 Å². The van der Waals surface area contributed by atoms with E-state index in [0.29, 0.717) is 29.6 Å². The fourth-order valence-electron chi connectivity index (χ4n) is 2.71. The van der Waals surface area contributed by atoms with Gasteiger partial charge in [-0.1, -0.05) is 23.7 Å². The summed E-state index contributed by atoms with van der Waals surface area (Å²) in [4.78, 5) is 15.0. The Labute approximate surface area is 128 Å². The van der Waals surface area contributed by atoms with Crippen LogP contribution in [0.2, 0.25) is 5.02 Å². The van der Waals surface area contributed by atoms with Crippen LogP contribution >= 0.6 is 11.6 Å². The summed E-state index contributed by atoms with van der Waals surface area (Å²) in [5.41, 5.74) is -0.0512. The number of ether oxygens (including phenoxy) is 1. The van der Waals surface area contributed by atoms with Crippen LogP contribution in [0.25, 0.3) is 11.0 Å². The maximum atomic E-state index is 12.8. The minimum atomic E-state index is -0.621. The van der Waals surface area contributed by atoms with E-state index >= 15 is 0 Å². The molecule has 1 aliphatic rings. The van der Waals surface area contributed by atoms with Crippen LogP contribution in [0.15, 0.2) is 28.7 Å². The number of hydrogen-bond donors (Lipinski definition) is 0. The first-order valence-electron chi connectivity index (χ1n) is 7.06. The lowest BCUT2D eigenvalue weighted by molar-refractivity contribution is -0.00514. The number of Topliss-reactive ketones (excluding diaryl/α,β-unsaturated/α-hetero) is 1. The monoisotopic (exact) mass is 307 g/mol. The standard InChI is InChI=1S/C16H18ClNO3/c1-16(2,18-6-8-20-9-7-18)15(19)13-10-11-4-3-5-12(17)14(11)21-13/h3-5,10H,6-9H2,1-2H3. The second-order valence-corrected chi connectivity index (χ2v) is 6.16. The van der Waals surface area contributed by atoms with Gasteiger partial charge in [0.25, 0.3) is 0 Å². The van der Waals surface area contributed by atoms with Gasteiger partial charge in [0.2, 0.25) is 5.78 Å². The van der Waals surface area contributed by atoms with Crippen molar-refractivity contribution in [2.24, 2.45) is 0 Å². The first kappa shape index (κ1) is 14.6. The van der Waals surface area contributed by atoms with E-state index in [9.17, 15) is 4.79 Å². The third-order valence-corrected chi connectivity index (χ3v) is 4.37. The summed E-state index contributed by atoms with van der Waals surface area (Å²) in [6.07, 6.45) is 0. The van der Waals surface area contributed by atoms with Crippen molar-refractivity contribution in [3.8, 4) is 0 Å². The molecule has 0 N–H and O–H groups in total. The van der Waals surface area contributed by atoms with E-state index in [0.717, 1.165) is 18.5 Å². The third kappa shape index (κ3) is 2.59. The van der Waals surface area contributed by atoms with Crippen molar-refractivity contribution in [3.05, 3.63) is 35.0 Å². The SMILES string of the molecule is CC(C)(C(=O)c1cc2cccc(Cl)c2o1)N1CCOCC1. The molecule has 0 amide bonds. The molecule has 112 valence electrons. The highest BCUT2D eigenvalue weighted by Gasteiger charge is 2.37. The molecule has 3 rings (SSSR count). The normalized spacial score (nSPS) is 17.3. The van der Waals surface area contributed by atoms with Gasteiger partial charge >= 0.3 is 0 Å². The molecule has 1 fully saturated rings. The number of hydrogen-bond acceptors (Lipinski definition) is 4. The number of benzene rings is 1. The highest BCUT2D eigenvalue weighted by Crippen LogP contribution is 2.30. The van der Waals surface area contributed by atoms with Gasteiger partial charge in [0.05, 0.1) is 23.8 Å². The average Bonchev–Trinajstić information content (AvgIpc) is 2.93. The second-order valence-electron chi connectivity index (χ2n) is 5.76. The number of para-hydroxylation sites is 1. The van der Waals surface area contributed by atoms with E-state index in [1.54, 1.807) is 12.1 Å². The molecule has 0 radical (unpaired) electrons. The van der Waals surface area contributed by atoms with E-state index in [2.05, 4.69) is 4.90 Å². The van der Waals surface area contributed by atoms with Crippen LogP contribution in [0.3, 0.4) is 0 Å². The molecule has 0 atom stereocenters. The summed E-state index contributed by atoms with van der Waals surface area (Å²) in [6, 6.07) is 7.27. The zero-order valence-corrected chi connectivity index (χ0v) is 12.9. The maximum Gasteiger partial charge on any atom is 0.217 e. The van der Waals surface area contributed by atoms with Crippen molar-refractivity contribution >= 4 is 28.4 Å². The molecule has 1 aromatic carbocycles. The van der Waals surface area contributed by atoms with E-state index in [4.69, 9.17) is 20.8 Å². The first-order valence-corrected chi connectivity index (χ1v) is 7.43. The summed E-state index contributed by atoms with van der Waals surface area (Å²) >= 11 is 6.11. The molecule has 0 unspecified atom stereocenters. The zero-order valence-electron chi connectivity index (χ0n) is 12.2. The van der Waals surface area contributed by atoms with Gasteiger partial charge in [-0.05, 0) is 26.0 Å². The highest BCUT2D eigenvalue weighted by atomic mass is 35.5. The van der Waals surface area contributed by atoms with Crippen LogP contribution in [0, 0.1) is 0 Å². The molecule has 5 heteroatoms. The Morgan fingerprint density at radius 3 is 2.67 bits per heavy atom. The number of fused-ring (bicyclic) bond motifs is 1. The lowest BCUT2D eigenvalue weighted by atomic mass is 9.94. The predicted molar refractivity (Wildman–Crippen MR) is 82.0 cm³/mol. The van der Waals surface area contributed by atoms with Gasteiger partial charge < -0.3 is 9.15 Å². The molecule has 21 heavy (non-hydrogen) atoms. The van der Waals surface area contributed by atoms with Crippen molar-refractivity contribution < 1.29 is 13.9 Å². The smallest absolute Gasteiger partial charge is 0.217 e. The lowest BCUT2D eigenvalue weighted by Gasteiger charge is -2.38. The van der Waals surface area contributed by atoms with Gasteiger partial charge in [-0.15, -0.1) is 0 Å². The van der Waals surface area contributed by atoms with Crippen LogP contribution in [-0.4, -0.2) is 42.5 Å². The number of nitrogens with zero attached hydrogens (tertiary/aromatic N) is 1. The summed E-state index contributed by atoms with van der Waals surface area (Å²) in [5, 5.41) is 1.37. The van der Waals surface area contributed by atoms with Crippen LogP contribution in [-0.2, 0) is 4.74 Å². The van der Waals surface area contributed by atoms with E-state index in [-0.39, 0.29) is 5.78 Å². The fourth-order valence-corrected chi connectivity index (χ4v) is 2.93. The van der Waals surface area contributed by atoms with Crippen molar-refractivity contribution in [2.45, 2.75) is 19.4 Å². The molecule has 0 spiro atoms. The minimum absolute atomic E-state index is 0.0309. The lowest BCUT2D eigenvalue weighted by Crippen LogP contribution is -2.54. The largest absolute Gasteiger partial charge is 0.451 e. The van der Waals surface area contributed by atoms with Gasteiger partial charge in [-0.25, -0.2) is 0 Å². The summed E-state index contributed by atoms with van der Waals surface area (Å²) in [5.74, 6) is 0.325. The quantitative estimate of drug-likeness (QED) is 0.815. The molecule has 4 nitrogen and oxygen atoms in total. The van der Waals surface area contributed by atoms with Crippen molar-refractivity contribution in [3.63, 3.8) is 0 Å². The molecule has 1 aromatic heterocycles. The predicted octanol–water partition coefficient (Wildman–Crippen LogP) is 3.38. The molecule has 1 aliphatic heterocycles. The second kappa shape index (κ2) is 5.44. The Morgan fingerprint density at radius 1 is 1.29 bits per heavy atom. The first-order chi connectivity index (χ1) is 10.00. The Balaban J connectivity index is 1.93. The van der Waals surface area contributed by atoms with Gasteiger partial charge in [-0.2, -0.15) is 0 Å².